The van der Waals surface area contributed by atoms with E-state index in [2.05, 4.69) is 69.4 Å². The largest absolute Gasteiger partial charge is 0.462 e. The van der Waals surface area contributed by atoms with Crippen LogP contribution in [0.2, 0.25) is 0 Å². The summed E-state index contributed by atoms with van der Waals surface area (Å²) in [6.07, 6.45) is 88.6. The Labute approximate surface area is 505 Å². The molecule has 0 aromatic carbocycles. The molecule has 1 unspecified atom stereocenters. The van der Waals surface area contributed by atoms with E-state index in [0.717, 1.165) is 83.5 Å². The maximum absolute atomic E-state index is 13.0. The van der Waals surface area contributed by atoms with Gasteiger partial charge >= 0.3 is 17.9 Å². The lowest BCUT2D eigenvalue weighted by Crippen LogP contribution is -2.30. The quantitative estimate of drug-likeness (QED) is 0.0261. The summed E-state index contributed by atoms with van der Waals surface area (Å²) in [5.74, 6) is -0.860. The molecule has 0 heterocycles. The average Bonchev–Trinajstić information content (AvgIpc) is 3.47. The molecule has 0 aromatic rings. The molecule has 0 saturated carbocycles. The second kappa shape index (κ2) is 69.9. The minimum Gasteiger partial charge on any atom is -0.462 e. The van der Waals surface area contributed by atoms with Crippen molar-refractivity contribution in [3.8, 4) is 0 Å². The van der Waals surface area contributed by atoms with Crippen LogP contribution < -0.4 is 0 Å². The van der Waals surface area contributed by atoms with E-state index < -0.39 is 6.10 Å². The Kier molecular flexibility index (Phi) is 67.6. The van der Waals surface area contributed by atoms with Crippen molar-refractivity contribution in [2.24, 2.45) is 0 Å². The molecule has 0 amide bonds. The molecule has 0 aliphatic carbocycles. The van der Waals surface area contributed by atoms with Crippen LogP contribution in [-0.4, -0.2) is 37.2 Å². The Morgan fingerprint density at radius 3 is 0.704 bits per heavy atom. The molecule has 81 heavy (non-hydrogen) atoms. The van der Waals surface area contributed by atoms with Crippen LogP contribution in [0, 0.1) is 0 Å². The summed E-state index contributed by atoms with van der Waals surface area (Å²) >= 11 is 0. The number of ether oxygens (including phenoxy) is 3. The van der Waals surface area contributed by atoms with Crippen molar-refractivity contribution in [1.29, 1.82) is 0 Å². The van der Waals surface area contributed by atoms with E-state index in [1.54, 1.807) is 0 Å². The number of hydrogen-bond donors (Lipinski definition) is 0. The van der Waals surface area contributed by atoms with Crippen molar-refractivity contribution in [3.63, 3.8) is 0 Å². The van der Waals surface area contributed by atoms with Gasteiger partial charge in [-0.15, -0.1) is 0 Å². The van der Waals surface area contributed by atoms with Gasteiger partial charge in [0.15, 0.2) is 6.10 Å². The zero-order valence-electron chi connectivity index (χ0n) is 54.6. The van der Waals surface area contributed by atoms with E-state index in [9.17, 15) is 14.4 Å². The van der Waals surface area contributed by atoms with E-state index in [1.165, 1.54) is 270 Å². The molecule has 0 aliphatic rings. The van der Waals surface area contributed by atoms with Gasteiger partial charge in [0.2, 0.25) is 0 Å². The third-order valence-corrected chi connectivity index (χ3v) is 16.3. The first kappa shape index (κ1) is 78.4. The first-order valence-corrected chi connectivity index (χ1v) is 36.1. The summed E-state index contributed by atoms with van der Waals surface area (Å²) < 4.78 is 17.0. The smallest absolute Gasteiger partial charge is 0.306 e. The molecule has 474 valence electrons. The molecule has 6 heteroatoms. The fourth-order valence-corrected chi connectivity index (χ4v) is 10.9. The van der Waals surface area contributed by atoms with Crippen molar-refractivity contribution in [1.82, 2.24) is 0 Å². The minimum absolute atomic E-state index is 0.0737. The Morgan fingerprint density at radius 2 is 0.444 bits per heavy atom. The van der Waals surface area contributed by atoms with Crippen molar-refractivity contribution >= 4 is 17.9 Å². The lowest BCUT2D eigenvalue weighted by Gasteiger charge is -2.18. The lowest BCUT2D eigenvalue weighted by molar-refractivity contribution is -0.167. The van der Waals surface area contributed by atoms with E-state index >= 15 is 0 Å². The average molecular weight is 1140 g/mol. The van der Waals surface area contributed by atoms with Crippen LogP contribution in [0.5, 0.6) is 0 Å². The monoisotopic (exact) mass is 1140 g/mol. The number of hydrogen-bond acceptors (Lipinski definition) is 6. The molecule has 0 saturated heterocycles. The highest BCUT2D eigenvalue weighted by atomic mass is 16.6. The van der Waals surface area contributed by atoms with Crippen molar-refractivity contribution in [2.45, 2.75) is 399 Å². The van der Waals surface area contributed by atoms with Crippen molar-refractivity contribution < 1.29 is 28.6 Å². The topological polar surface area (TPSA) is 78.9 Å². The standard InChI is InChI=1S/C75H138O6/c1-4-7-10-13-16-19-22-25-28-30-32-34-36-37-39-40-42-44-47-50-53-56-59-62-65-68-74(77)80-71-72(70-79-73(76)67-64-61-58-55-52-49-46-27-24-21-18-15-12-9-6-3)81-75(78)69-66-63-60-57-54-51-48-45-43-41-38-35-33-31-29-26-23-20-17-14-11-8-5-2/h18,21-22,25,27,30,32,46,72H,4-17,19-20,23-24,26,28-29,31,33-45,47-71H2,1-3H3/b21-18-,25-22-,32-30-,46-27-. The predicted molar refractivity (Wildman–Crippen MR) is 353 cm³/mol. The summed E-state index contributed by atoms with van der Waals surface area (Å²) in [6, 6.07) is 0. The summed E-state index contributed by atoms with van der Waals surface area (Å²) in [4.78, 5) is 38.5. The number of unbranched alkanes of at least 4 members (excludes halogenated alkanes) is 48. The van der Waals surface area contributed by atoms with Crippen LogP contribution in [0.25, 0.3) is 0 Å². The van der Waals surface area contributed by atoms with Crippen LogP contribution in [0.3, 0.4) is 0 Å². The van der Waals surface area contributed by atoms with Crippen LogP contribution in [0.15, 0.2) is 48.6 Å². The van der Waals surface area contributed by atoms with Gasteiger partial charge in [0.1, 0.15) is 13.2 Å². The first-order valence-electron chi connectivity index (χ1n) is 36.1. The Balaban J connectivity index is 4.28. The molecule has 0 radical (unpaired) electrons. The highest BCUT2D eigenvalue weighted by molar-refractivity contribution is 5.71. The molecule has 0 fully saturated rings. The van der Waals surface area contributed by atoms with Crippen molar-refractivity contribution in [2.75, 3.05) is 13.2 Å². The van der Waals surface area contributed by atoms with Gasteiger partial charge in [-0.1, -0.05) is 339 Å². The lowest BCUT2D eigenvalue weighted by atomic mass is 10.0. The Hall–Kier alpha value is -2.63. The SMILES string of the molecule is CCCCC/C=C\C/C=C\CCCCCCCC(=O)OCC(COC(=O)CCCCCCCCCCCCCCC/C=C\C/C=C\CCCCCCC)OC(=O)CCCCCCCCCCCCCCCCCCCCCCCCC. The van der Waals surface area contributed by atoms with Gasteiger partial charge in [-0.2, -0.15) is 0 Å². The molecule has 6 nitrogen and oxygen atoms in total. The zero-order valence-corrected chi connectivity index (χ0v) is 54.6. The predicted octanol–water partition coefficient (Wildman–Crippen LogP) is 24.9. The molecule has 0 N–H and O–H groups in total. The molecule has 0 rings (SSSR count). The third kappa shape index (κ3) is 68.0. The number of rotatable bonds is 67. The maximum Gasteiger partial charge on any atom is 0.306 e. The Bertz CT molecular complexity index is 1400. The molecular formula is C75H138O6. The fraction of sp³-hybridized carbons (Fsp3) is 0.853. The van der Waals surface area contributed by atoms with Crippen LogP contribution in [-0.2, 0) is 28.6 Å². The van der Waals surface area contributed by atoms with Gasteiger partial charge in [-0.25, -0.2) is 0 Å². The summed E-state index contributed by atoms with van der Waals surface area (Å²) in [6.45, 7) is 6.67. The second-order valence-electron chi connectivity index (χ2n) is 24.5. The highest BCUT2D eigenvalue weighted by Gasteiger charge is 2.19. The normalized spacial score (nSPS) is 12.3. The molecule has 1 atom stereocenters. The van der Waals surface area contributed by atoms with Crippen molar-refractivity contribution in [3.05, 3.63) is 48.6 Å². The maximum atomic E-state index is 13.0. The van der Waals surface area contributed by atoms with Gasteiger partial charge in [0, 0.05) is 19.3 Å². The van der Waals surface area contributed by atoms with Gasteiger partial charge < -0.3 is 14.2 Å². The highest BCUT2D eigenvalue weighted by Crippen LogP contribution is 2.18. The summed E-state index contributed by atoms with van der Waals surface area (Å²) in [5.41, 5.74) is 0. The molecular weight excluding hydrogens is 997 g/mol. The number of allylic oxidation sites excluding steroid dienone is 8. The molecule has 0 bridgehead atoms. The zero-order chi connectivity index (χ0) is 58.5. The fourth-order valence-electron chi connectivity index (χ4n) is 10.9. The Morgan fingerprint density at radius 1 is 0.247 bits per heavy atom. The second-order valence-corrected chi connectivity index (χ2v) is 24.5. The van der Waals surface area contributed by atoms with Gasteiger partial charge in [-0.3, -0.25) is 14.4 Å². The molecule has 0 spiro atoms. The van der Waals surface area contributed by atoms with E-state index in [0.29, 0.717) is 19.3 Å². The van der Waals surface area contributed by atoms with Crippen LogP contribution in [0.1, 0.15) is 393 Å². The molecule has 0 aliphatic heterocycles. The van der Waals surface area contributed by atoms with Gasteiger partial charge in [0.25, 0.3) is 0 Å². The first-order chi connectivity index (χ1) is 40.0. The van der Waals surface area contributed by atoms with E-state index in [-0.39, 0.29) is 31.1 Å². The number of carbonyl (C=O) groups excluding carboxylic acids is 3. The van der Waals surface area contributed by atoms with E-state index in [1.807, 2.05) is 0 Å². The number of carbonyl (C=O) groups is 3. The third-order valence-electron chi connectivity index (χ3n) is 16.3. The number of esters is 3. The van der Waals surface area contributed by atoms with E-state index in [4.69, 9.17) is 14.2 Å². The van der Waals surface area contributed by atoms with Crippen LogP contribution >= 0.6 is 0 Å². The molecule has 0 aromatic heterocycles. The summed E-state index contributed by atoms with van der Waals surface area (Å²) in [5, 5.41) is 0. The van der Waals surface area contributed by atoms with Gasteiger partial charge in [-0.05, 0) is 83.5 Å². The summed E-state index contributed by atoms with van der Waals surface area (Å²) in [7, 11) is 0. The minimum atomic E-state index is -0.779. The van der Waals surface area contributed by atoms with Gasteiger partial charge in [0.05, 0.1) is 0 Å². The van der Waals surface area contributed by atoms with Crippen LogP contribution in [0.4, 0.5) is 0 Å².